The lowest BCUT2D eigenvalue weighted by molar-refractivity contribution is -0.124. The second-order valence-electron chi connectivity index (χ2n) is 5.82. The zero-order valence-electron chi connectivity index (χ0n) is 13.6. The highest BCUT2D eigenvalue weighted by molar-refractivity contribution is 5.90. The molecule has 0 fully saturated rings. The van der Waals surface area contributed by atoms with E-state index in [1.807, 2.05) is 4.68 Å². The van der Waals surface area contributed by atoms with Gasteiger partial charge in [-0.2, -0.15) is 0 Å². The fourth-order valence-electron chi connectivity index (χ4n) is 2.91. The molecule has 0 aromatic carbocycles. The number of H-pyrrole nitrogens is 1. The number of amides is 1. The van der Waals surface area contributed by atoms with Crippen molar-refractivity contribution >= 4 is 24.1 Å². The minimum absolute atomic E-state index is 0.0729. The van der Waals surface area contributed by atoms with Crippen molar-refractivity contribution in [1.82, 2.24) is 25.5 Å². The van der Waals surface area contributed by atoms with Crippen molar-refractivity contribution in [2.75, 3.05) is 0 Å². The van der Waals surface area contributed by atoms with Gasteiger partial charge in [-0.25, -0.2) is 10.2 Å². The van der Waals surface area contributed by atoms with Gasteiger partial charge in [0.05, 0.1) is 12.2 Å². The SMILES string of the molecule is CCCC(c1cc2c([nH]1)=CCCC=2)n1cc(C=CC(=O)NO)nn1. The van der Waals surface area contributed by atoms with Crippen molar-refractivity contribution < 1.29 is 10.0 Å². The van der Waals surface area contributed by atoms with Gasteiger partial charge < -0.3 is 4.98 Å². The van der Waals surface area contributed by atoms with E-state index in [0.717, 1.165) is 31.4 Å². The Hall–Kier alpha value is -2.67. The minimum Gasteiger partial charge on any atom is -0.357 e. The Bertz CT molecular complexity index is 828. The van der Waals surface area contributed by atoms with Gasteiger partial charge in [0.1, 0.15) is 5.69 Å². The van der Waals surface area contributed by atoms with Crippen molar-refractivity contribution in [1.29, 1.82) is 0 Å². The molecule has 1 aliphatic carbocycles. The molecule has 0 saturated heterocycles. The molecule has 0 bridgehead atoms. The van der Waals surface area contributed by atoms with Crippen molar-refractivity contribution in [3.63, 3.8) is 0 Å². The maximum Gasteiger partial charge on any atom is 0.267 e. The van der Waals surface area contributed by atoms with Crippen LogP contribution in [0.4, 0.5) is 0 Å². The molecule has 7 nitrogen and oxygen atoms in total. The van der Waals surface area contributed by atoms with Gasteiger partial charge in [-0.05, 0) is 36.6 Å². The largest absolute Gasteiger partial charge is 0.357 e. The molecule has 2 aromatic rings. The van der Waals surface area contributed by atoms with Crippen LogP contribution in [0.25, 0.3) is 18.2 Å². The van der Waals surface area contributed by atoms with E-state index in [1.54, 1.807) is 11.7 Å². The van der Waals surface area contributed by atoms with Gasteiger partial charge in [-0.15, -0.1) is 5.10 Å². The predicted molar refractivity (Wildman–Crippen MR) is 90.2 cm³/mol. The Morgan fingerprint density at radius 2 is 2.33 bits per heavy atom. The molecule has 0 spiro atoms. The van der Waals surface area contributed by atoms with Gasteiger partial charge in [-0.3, -0.25) is 10.0 Å². The quantitative estimate of drug-likeness (QED) is 0.417. The summed E-state index contributed by atoms with van der Waals surface area (Å²) in [5, 5.41) is 19.2. The predicted octanol–water partition coefficient (Wildman–Crippen LogP) is 0.869. The summed E-state index contributed by atoms with van der Waals surface area (Å²) in [7, 11) is 0. The average molecular weight is 327 g/mol. The van der Waals surface area contributed by atoms with Crippen molar-refractivity contribution in [2.24, 2.45) is 0 Å². The molecule has 2 heterocycles. The Kier molecular flexibility index (Phi) is 4.90. The minimum atomic E-state index is -0.599. The molecule has 2 aromatic heterocycles. The lowest BCUT2D eigenvalue weighted by Crippen LogP contribution is -2.24. The van der Waals surface area contributed by atoms with Gasteiger partial charge in [0.2, 0.25) is 0 Å². The molecule has 1 amide bonds. The number of rotatable bonds is 6. The van der Waals surface area contributed by atoms with E-state index in [9.17, 15) is 4.79 Å². The molecule has 3 rings (SSSR count). The number of aromatic amines is 1. The summed E-state index contributed by atoms with van der Waals surface area (Å²) in [4.78, 5) is 14.5. The third-order valence-electron chi connectivity index (χ3n) is 4.06. The van der Waals surface area contributed by atoms with Crippen LogP contribution in [0, 0.1) is 0 Å². The lowest BCUT2D eigenvalue weighted by atomic mass is 10.1. The van der Waals surface area contributed by atoms with Crippen LogP contribution in [0.5, 0.6) is 0 Å². The molecule has 126 valence electrons. The van der Waals surface area contributed by atoms with Crippen molar-refractivity contribution in [3.8, 4) is 0 Å². The third-order valence-corrected chi connectivity index (χ3v) is 4.06. The monoisotopic (exact) mass is 327 g/mol. The van der Waals surface area contributed by atoms with E-state index < -0.39 is 5.91 Å². The fourth-order valence-corrected chi connectivity index (χ4v) is 2.91. The van der Waals surface area contributed by atoms with Crippen LogP contribution in [-0.2, 0) is 4.79 Å². The van der Waals surface area contributed by atoms with Crippen LogP contribution in [0.3, 0.4) is 0 Å². The topological polar surface area (TPSA) is 95.8 Å². The van der Waals surface area contributed by atoms with Crippen LogP contribution in [0.15, 0.2) is 18.3 Å². The number of nitrogens with one attached hydrogen (secondary N) is 2. The second kappa shape index (κ2) is 7.27. The molecule has 24 heavy (non-hydrogen) atoms. The first-order valence-electron chi connectivity index (χ1n) is 8.14. The molecular formula is C17H21N5O2. The van der Waals surface area contributed by atoms with Gasteiger partial charge in [0.15, 0.2) is 0 Å². The number of aromatic nitrogens is 4. The first-order chi connectivity index (χ1) is 11.7. The molecule has 1 atom stereocenters. The van der Waals surface area contributed by atoms with Gasteiger partial charge >= 0.3 is 0 Å². The Morgan fingerprint density at radius 3 is 3.08 bits per heavy atom. The molecule has 0 aliphatic heterocycles. The summed E-state index contributed by atoms with van der Waals surface area (Å²) >= 11 is 0. The molecular weight excluding hydrogens is 306 g/mol. The van der Waals surface area contributed by atoms with E-state index in [1.165, 1.54) is 22.7 Å². The first-order valence-corrected chi connectivity index (χ1v) is 8.14. The zero-order chi connectivity index (χ0) is 16.9. The van der Waals surface area contributed by atoms with E-state index >= 15 is 0 Å². The third kappa shape index (κ3) is 3.46. The van der Waals surface area contributed by atoms with Crippen LogP contribution >= 0.6 is 0 Å². The summed E-state index contributed by atoms with van der Waals surface area (Å²) in [6.45, 7) is 2.14. The molecule has 7 heteroatoms. The molecule has 1 aliphatic rings. The van der Waals surface area contributed by atoms with Gasteiger partial charge in [0.25, 0.3) is 5.91 Å². The first kappa shape index (κ1) is 16.2. The maximum atomic E-state index is 11.0. The lowest BCUT2D eigenvalue weighted by Gasteiger charge is -2.14. The Labute approximate surface area is 139 Å². The highest BCUT2D eigenvalue weighted by Crippen LogP contribution is 2.20. The van der Waals surface area contributed by atoms with Gasteiger partial charge in [0, 0.05) is 17.1 Å². The smallest absolute Gasteiger partial charge is 0.267 e. The van der Waals surface area contributed by atoms with Gasteiger partial charge in [-0.1, -0.05) is 30.7 Å². The number of hydroxylamine groups is 1. The van der Waals surface area contributed by atoms with E-state index in [2.05, 4.69) is 40.4 Å². The summed E-state index contributed by atoms with van der Waals surface area (Å²) in [5.74, 6) is -0.599. The number of hydrogen-bond donors (Lipinski definition) is 3. The number of fused-ring (bicyclic) bond motifs is 1. The van der Waals surface area contributed by atoms with E-state index in [4.69, 9.17) is 5.21 Å². The second-order valence-corrected chi connectivity index (χ2v) is 5.82. The molecule has 3 N–H and O–H groups in total. The maximum absolute atomic E-state index is 11.0. The van der Waals surface area contributed by atoms with Crippen LogP contribution in [0.2, 0.25) is 0 Å². The van der Waals surface area contributed by atoms with Crippen molar-refractivity contribution in [3.05, 3.63) is 40.3 Å². The molecule has 0 radical (unpaired) electrons. The Morgan fingerprint density at radius 1 is 1.50 bits per heavy atom. The number of carbonyl (C=O) groups is 1. The van der Waals surface area contributed by atoms with Crippen LogP contribution in [0.1, 0.15) is 50.0 Å². The number of hydrogen-bond acceptors (Lipinski definition) is 4. The Balaban J connectivity index is 1.89. The highest BCUT2D eigenvalue weighted by atomic mass is 16.5. The highest BCUT2D eigenvalue weighted by Gasteiger charge is 2.16. The summed E-state index contributed by atoms with van der Waals surface area (Å²) < 4.78 is 1.82. The average Bonchev–Trinajstić information content (AvgIpc) is 3.24. The molecule has 0 saturated carbocycles. The standard InChI is InChI=1S/C17H21N5O2/c1-2-5-16(15-10-12-6-3-4-7-14(12)18-15)22-11-13(19-21-22)8-9-17(23)20-24/h6-11,16,18,24H,2-5H2,1H3,(H,20,23). The van der Waals surface area contributed by atoms with E-state index in [-0.39, 0.29) is 6.04 Å². The number of carbonyl (C=O) groups excluding carboxylic acids is 1. The summed E-state index contributed by atoms with van der Waals surface area (Å²) in [6, 6.07) is 2.26. The molecule has 1 unspecified atom stereocenters. The fraction of sp³-hybridized carbons (Fsp3) is 0.353. The van der Waals surface area contributed by atoms with E-state index in [0.29, 0.717) is 5.69 Å². The zero-order valence-corrected chi connectivity index (χ0v) is 13.6. The normalized spacial score (nSPS) is 14.8. The van der Waals surface area contributed by atoms with Crippen LogP contribution in [-0.4, -0.2) is 31.1 Å². The summed E-state index contributed by atoms with van der Waals surface area (Å²) in [6.07, 6.45) is 13.1. The number of nitrogens with zero attached hydrogens (tertiary/aromatic N) is 3. The van der Waals surface area contributed by atoms with Crippen molar-refractivity contribution in [2.45, 2.75) is 38.6 Å². The summed E-state index contributed by atoms with van der Waals surface area (Å²) in [5.41, 5.74) is 3.23. The van der Waals surface area contributed by atoms with Crippen LogP contribution < -0.4 is 16.0 Å².